The first-order valence-corrected chi connectivity index (χ1v) is 7.24. The lowest BCUT2D eigenvalue weighted by Gasteiger charge is -2.32. The lowest BCUT2D eigenvalue weighted by Crippen LogP contribution is -2.52. The van der Waals surface area contributed by atoms with E-state index in [1.807, 2.05) is 35.2 Å². The molecule has 0 aliphatic carbocycles. The predicted molar refractivity (Wildman–Crippen MR) is 78.0 cm³/mol. The number of unbranched alkanes of at least 4 members (excludes halogenated alkanes) is 1. The van der Waals surface area contributed by atoms with Gasteiger partial charge in [0.15, 0.2) is 0 Å². The molecule has 2 amide bonds. The Morgan fingerprint density at radius 3 is 2.60 bits per heavy atom. The van der Waals surface area contributed by atoms with Crippen LogP contribution in [0.2, 0.25) is 0 Å². The fourth-order valence-electron chi connectivity index (χ4n) is 2.58. The van der Waals surface area contributed by atoms with Crippen LogP contribution in [-0.4, -0.2) is 29.8 Å². The summed E-state index contributed by atoms with van der Waals surface area (Å²) in [7, 11) is 0. The number of benzene rings is 1. The van der Waals surface area contributed by atoms with Crippen LogP contribution >= 0.6 is 0 Å². The van der Waals surface area contributed by atoms with Crippen LogP contribution in [0, 0.1) is 0 Å². The number of amides is 2. The smallest absolute Gasteiger partial charge is 0.252 e. The molecule has 1 N–H and O–H groups in total. The quantitative estimate of drug-likeness (QED) is 0.913. The molecule has 108 valence electrons. The predicted octanol–water partition coefficient (Wildman–Crippen LogP) is 2.05. The molecule has 0 saturated carbocycles. The first kappa shape index (κ1) is 14.6. The van der Waals surface area contributed by atoms with E-state index in [2.05, 4.69) is 12.2 Å². The molecule has 2 rings (SSSR count). The molecular weight excluding hydrogens is 252 g/mol. The summed E-state index contributed by atoms with van der Waals surface area (Å²) in [6.07, 6.45) is 2.37. The normalized spacial score (nSPS) is 23.4. The number of hydrogen-bond acceptors (Lipinski definition) is 2. The van der Waals surface area contributed by atoms with Crippen LogP contribution in [0.25, 0.3) is 0 Å². The first-order valence-electron chi connectivity index (χ1n) is 7.24. The van der Waals surface area contributed by atoms with Gasteiger partial charge in [-0.2, -0.15) is 0 Å². The highest BCUT2D eigenvalue weighted by Gasteiger charge is 2.41. The Balaban J connectivity index is 2.33. The minimum absolute atomic E-state index is 0.0111. The second-order valence-electron chi connectivity index (χ2n) is 5.43. The van der Waals surface area contributed by atoms with Gasteiger partial charge >= 0.3 is 0 Å². The van der Waals surface area contributed by atoms with E-state index in [0.29, 0.717) is 19.5 Å². The molecule has 1 aromatic carbocycles. The zero-order valence-corrected chi connectivity index (χ0v) is 12.2. The van der Waals surface area contributed by atoms with Crippen molar-refractivity contribution in [2.45, 2.75) is 38.6 Å². The molecule has 1 heterocycles. The second-order valence-corrected chi connectivity index (χ2v) is 5.43. The molecule has 0 aromatic heterocycles. The largest absolute Gasteiger partial charge is 0.340 e. The van der Waals surface area contributed by atoms with Crippen molar-refractivity contribution in [1.29, 1.82) is 0 Å². The van der Waals surface area contributed by atoms with Crippen molar-refractivity contribution in [3.05, 3.63) is 35.9 Å². The van der Waals surface area contributed by atoms with Gasteiger partial charge in [-0.1, -0.05) is 43.7 Å². The summed E-state index contributed by atoms with van der Waals surface area (Å²) in [4.78, 5) is 26.6. The van der Waals surface area contributed by atoms with E-state index in [-0.39, 0.29) is 11.8 Å². The zero-order chi connectivity index (χ0) is 14.6. The van der Waals surface area contributed by atoms with Crippen molar-refractivity contribution >= 4 is 11.8 Å². The van der Waals surface area contributed by atoms with Gasteiger partial charge in [-0.15, -0.1) is 0 Å². The summed E-state index contributed by atoms with van der Waals surface area (Å²) in [6, 6.07) is 9.47. The van der Waals surface area contributed by atoms with Crippen LogP contribution in [0.5, 0.6) is 0 Å². The number of carbonyl (C=O) groups is 2. The molecule has 1 unspecified atom stereocenters. The average molecular weight is 274 g/mol. The second kappa shape index (κ2) is 6.07. The Labute approximate surface area is 120 Å². The minimum atomic E-state index is -0.956. The van der Waals surface area contributed by atoms with Crippen molar-refractivity contribution in [1.82, 2.24) is 10.2 Å². The van der Waals surface area contributed by atoms with Crippen molar-refractivity contribution in [3.8, 4) is 0 Å². The van der Waals surface area contributed by atoms with Gasteiger partial charge in [-0.25, -0.2) is 0 Å². The highest BCUT2D eigenvalue weighted by molar-refractivity contribution is 5.94. The van der Waals surface area contributed by atoms with Crippen molar-refractivity contribution < 1.29 is 9.59 Å². The number of nitrogens with one attached hydrogen (secondary N) is 1. The summed E-state index contributed by atoms with van der Waals surface area (Å²) < 4.78 is 0. The van der Waals surface area contributed by atoms with Crippen molar-refractivity contribution in [3.63, 3.8) is 0 Å². The van der Waals surface area contributed by atoms with Crippen LogP contribution in [0.4, 0.5) is 0 Å². The standard InChI is InChI=1S/C16H22N2O2/c1-3-4-11-18-12-10-14(19)17-16(2,15(18)20)13-8-6-5-7-9-13/h5-9H,3-4,10-12H2,1-2H3,(H,17,19). The Morgan fingerprint density at radius 2 is 1.95 bits per heavy atom. The number of hydrogen-bond donors (Lipinski definition) is 1. The molecule has 1 aliphatic rings. The molecule has 1 aromatic rings. The average Bonchev–Trinajstić information content (AvgIpc) is 2.57. The maximum Gasteiger partial charge on any atom is 0.252 e. The van der Waals surface area contributed by atoms with E-state index >= 15 is 0 Å². The fourth-order valence-corrected chi connectivity index (χ4v) is 2.58. The maximum absolute atomic E-state index is 12.8. The van der Waals surface area contributed by atoms with Crippen LogP contribution in [-0.2, 0) is 15.1 Å². The highest BCUT2D eigenvalue weighted by Crippen LogP contribution is 2.26. The fraction of sp³-hybridized carbons (Fsp3) is 0.500. The lowest BCUT2D eigenvalue weighted by molar-refractivity contribution is -0.138. The van der Waals surface area contributed by atoms with Crippen LogP contribution in [0.15, 0.2) is 30.3 Å². The molecule has 0 spiro atoms. The molecule has 0 bridgehead atoms. The monoisotopic (exact) mass is 274 g/mol. The maximum atomic E-state index is 12.8. The van der Waals surface area contributed by atoms with E-state index in [1.165, 1.54) is 0 Å². The topological polar surface area (TPSA) is 49.4 Å². The molecule has 1 saturated heterocycles. The van der Waals surface area contributed by atoms with Gasteiger partial charge in [-0.3, -0.25) is 9.59 Å². The van der Waals surface area contributed by atoms with Gasteiger partial charge in [0.25, 0.3) is 5.91 Å². The highest BCUT2D eigenvalue weighted by atomic mass is 16.2. The Bertz CT molecular complexity index is 487. The molecule has 1 atom stereocenters. The SMILES string of the molecule is CCCCN1CCC(=O)NC(C)(c2ccccc2)C1=O. The van der Waals surface area contributed by atoms with Crippen molar-refractivity contribution in [2.24, 2.45) is 0 Å². The third-order valence-electron chi connectivity index (χ3n) is 3.85. The van der Waals surface area contributed by atoms with Crippen LogP contribution in [0.1, 0.15) is 38.7 Å². The molecule has 0 radical (unpaired) electrons. The zero-order valence-electron chi connectivity index (χ0n) is 12.2. The van der Waals surface area contributed by atoms with E-state index in [4.69, 9.17) is 0 Å². The van der Waals surface area contributed by atoms with Gasteiger partial charge in [-0.05, 0) is 18.9 Å². The third kappa shape index (κ3) is 2.84. The van der Waals surface area contributed by atoms with Crippen molar-refractivity contribution in [2.75, 3.05) is 13.1 Å². The van der Waals surface area contributed by atoms with E-state index in [1.54, 1.807) is 6.92 Å². The molecule has 20 heavy (non-hydrogen) atoms. The third-order valence-corrected chi connectivity index (χ3v) is 3.85. The molecule has 1 fully saturated rings. The van der Waals surface area contributed by atoms with Crippen LogP contribution in [0.3, 0.4) is 0 Å². The van der Waals surface area contributed by atoms with Gasteiger partial charge in [0.1, 0.15) is 5.54 Å². The Morgan fingerprint density at radius 1 is 1.25 bits per heavy atom. The molecular formula is C16H22N2O2. The Kier molecular flexibility index (Phi) is 4.42. The Hall–Kier alpha value is -1.84. The summed E-state index contributed by atoms with van der Waals surface area (Å²) in [5.41, 5.74) is -0.121. The van der Waals surface area contributed by atoms with Gasteiger partial charge in [0.05, 0.1) is 0 Å². The number of carbonyl (C=O) groups excluding carboxylic acids is 2. The molecule has 4 heteroatoms. The van der Waals surface area contributed by atoms with Gasteiger partial charge in [0.2, 0.25) is 5.91 Å². The lowest BCUT2D eigenvalue weighted by atomic mass is 9.90. The number of nitrogens with zero attached hydrogens (tertiary/aromatic N) is 1. The van der Waals surface area contributed by atoms with E-state index in [9.17, 15) is 9.59 Å². The molecule has 1 aliphatic heterocycles. The molecule has 4 nitrogen and oxygen atoms in total. The minimum Gasteiger partial charge on any atom is -0.340 e. The summed E-state index contributed by atoms with van der Waals surface area (Å²) in [5, 5.41) is 2.90. The first-order chi connectivity index (χ1) is 9.58. The van der Waals surface area contributed by atoms with Crippen LogP contribution < -0.4 is 5.32 Å². The van der Waals surface area contributed by atoms with E-state index < -0.39 is 5.54 Å². The summed E-state index contributed by atoms with van der Waals surface area (Å²) >= 11 is 0. The van der Waals surface area contributed by atoms with Gasteiger partial charge < -0.3 is 10.2 Å². The summed E-state index contributed by atoms with van der Waals surface area (Å²) in [6.45, 7) is 5.12. The number of rotatable bonds is 4. The van der Waals surface area contributed by atoms with Gasteiger partial charge in [0, 0.05) is 19.5 Å². The summed E-state index contributed by atoms with van der Waals surface area (Å²) in [5.74, 6) is -0.0771. The van der Waals surface area contributed by atoms with E-state index in [0.717, 1.165) is 18.4 Å².